The molecule has 0 saturated carbocycles. The van der Waals surface area contributed by atoms with Crippen LogP contribution in [0.4, 0.5) is 0 Å². The fourth-order valence-electron chi connectivity index (χ4n) is 3.90. The Bertz CT molecular complexity index is 1200. The van der Waals surface area contributed by atoms with Crippen LogP contribution in [0.5, 0.6) is 6.01 Å². The van der Waals surface area contributed by atoms with Gasteiger partial charge in [-0.05, 0) is 31.2 Å². The van der Waals surface area contributed by atoms with Gasteiger partial charge in [-0.2, -0.15) is 4.98 Å². The molecule has 1 saturated heterocycles. The third kappa shape index (κ3) is 5.32. The maximum atomic E-state index is 12.8. The van der Waals surface area contributed by atoms with Gasteiger partial charge in [0.25, 0.3) is 11.6 Å². The predicted octanol–water partition coefficient (Wildman–Crippen LogP) is 2.75. The Morgan fingerprint density at radius 3 is 2.26 bits per heavy atom. The number of rotatable bonds is 6. The maximum absolute atomic E-state index is 12.8. The molecule has 0 bridgehead atoms. The number of nitrogens with zero attached hydrogens (tertiary/aromatic N) is 2. The highest BCUT2D eigenvalue weighted by Gasteiger charge is 2.40. The Morgan fingerprint density at radius 1 is 1.03 bits per heavy atom. The zero-order valence-corrected chi connectivity index (χ0v) is 18.4. The molecular formula is C25H24N2O7. The van der Waals surface area contributed by atoms with Crippen molar-refractivity contribution in [3.05, 3.63) is 94.4 Å². The first-order valence-corrected chi connectivity index (χ1v) is 10.8. The third-order valence-electron chi connectivity index (χ3n) is 5.65. The van der Waals surface area contributed by atoms with Crippen LogP contribution in [0.3, 0.4) is 0 Å². The van der Waals surface area contributed by atoms with Crippen LogP contribution in [-0.4, -0.2) is 51.5 Å². The summed E-state index contributed by atoms with van der Waals surface area (Å²) >= 11 is 0. The van der Waals surface area contributed by atoms with Crippen molar-refractivity contribution in [2.24, 2.45) is 0 Å². The molecule has 1 aliphatic rings. The lowest BCUT2D eigenvalue weighted by molar-refractivity contribution is -0.152. The molecule has 1 aliphatic heterocycles. The van der Waals surface area contributed by atoms with E-state index in [9.17, 15) is 19.5 Å². The largest absolute Gasteiger partial charge is 0.480 e. The van der Waals surface area contributed by atoms with Crippen LogP contribution in [0.2, 0.25) is 0 Å². The van der Waals surface area contributed by atoms with Crippen LogP contribution < -0.4 is 5.56 Å². The molecule has 1 fully saturated rings. The fourth-order valence-corrected chi connectivity index (χ4v) is 3.90. The van der Waals surface area contributed by atoms with Crippen molar-refractivity contribution in [3.8, 4) is 6.01 Å². The zero-order valence-electron chi connectivity index (χ0n) is 18.4. The second-order valence-corrected chi connectivity index (χ2v) is 7.93. The van der Waals surface area contributed by atoms with Crippen molar-refractivity contribution in [2.45, 2.75) is 37.7 Å². The van der Waals surface area contributed by atoms with Crippen LogP contribution in [0.25, 0.3) is 0 Å². The van der Waals surface area contributed by atoms with Gasteiger partial charge in [-0.15, -0.1) is 0 Å². The number of ether oxygens (including phenoxy) is 3. The lowest BCUT2D eigenvalue weighted by Gasteiger charge is -2.40. The molecule has 34 heavy (non-hydrogen) atoms. The molecule has 9 nitrogen and oxygen atoms in total. The first-order chi connectivity index (χ1) is 16.4. The predicted molar refractivity (Wildman–Crippen MR) is 121 cm³/mol. The topological polar surface area (TPSA) is 117 Å². The lowest BCUT2D eigenvalue weighted by atomic mass is 9.96. The number of aromatic hydroxyl groups is 1. The Hall–Kier alpha value is -3.98. The summed E-state index contributed by atoms with van der Waals surface area (Å²) in [5.41, 5.74) is 0.188. The summed E-state index contributed by atoms with van der Waals surface area (Å²) in [6.07, 6.45) is -0.341. The summed E-state index contributed by atoms with van der Waals surface area (Å²) in [6, 6.07) is 17.3. The summed E-state index contributed by atoms with van der Waals surface area (Å²) in [7, 11) is 0. The van der Waals surface area contributed by atoms with Gasteiger partial charge in [0.05, 0.1) is 23.3 Å². The van der Waals surface area contributed by atoms with Gasteiger partial charge < -0.3 is 19.3 Å². The molecule has 9 heteroatoms. The van der Waals surface area contributed by atoms with Crippen LogP contribution in [0.15, 0.2) is 77.7 Å². The van der Waals surface area contributed by atoms with Crippen molar-refractivity contribution in [1.82, 2.24) is 9.55 Å². The highest BCUT2D eigenvalue weighted by molar-refractivity contribution is 5.90. The second-order valence-electron chi connectivity index (χ2n) is 7.93. The van der Waals surface area contributed by atoms with Crippen LogP contribution >= 0.6 is 0 Å². The quantitative estimate of drug-likeness (QED) is 0.554. The van der Waals surface area contributed by atoms with Gasteiger partial charge in [-0.25, -0.2) is 9.59 Å². The summed E-state index contributed by atoms with van der Waals surface area (Å²) in [4.78, 5) is 40.2. The van der Waals surface area contributed by atoms with E-state index in [-0.39, 0.29) is 13.0 Å². The highest BCUT2D eigenvalue weighted by atomic mass is 16.6. The molecule has 176 valence electrons. The Morgan fingerprint density at radius 2 is 1.65 bits per heavy atom. The second kappa shape index (κ2) is 10.3. The van der Waals surface area contributed by atoms with Crippen LogP contribution in [0, 0.1) is 0 Å². The Balaban J connectivity index is 1.54. The number of hydrogen-bond acceptors (Lipinski definition) is 8. The van der Waals surface area contributed by atoms with Gasteiger partial charge in [0, 0.05) is 18.7 Å². The van der Waals surface area contributed by atoms with E-state index in [2.05, 4.69) is 4.98 Å². The van der Waals surface area contributed by atoms with E-state index in [4.69, 9.17) is 14.2 Å². The van der Waals surface area contributed by atoms with Crippen molar-refractivity contribution >= 4 is 11.9 Å². The third-order valence-corrected chi connectivity index (χ3v) is 5.65. The SMILES string of the molecule is CC1O[C@@H](COC(=O)c2ccccc2)C(OC(=O)c2ccccc2)C[C@H]1n1ccc(=O)nc1O. The van der Waals surface area contributed by atoms with E-state index in [1.807, 2.05) is 0 Å². The molecule has 2 heterocycles. The van der Waals surface area contributed by atoms with E-state index in [0.717, 1.165) is 0 Å². The van der Waals surface area contributed by atoms with Gasteiger partial charge in [0.2, 0.25) is 0 Å². The smallest absolute Gasteiger partial charge is 0.338 e. The normalized spacial score (nSPS) is 22.0. The van der Waals surface area contributed by atoms with Crippen molar-refractivity contribution in [1.29, 1.82) is 0 Å². The molecule has 0 radical (unpaired) electrons. The number of esters is 2. The molecule has 0 aliphatic carbocycles. The minimum atomic E-state index is -0.795. The van der Waals surface area contributed by atoms with Crippen LogP contribution in [-0.2, 0) is 14.2 Å². The van der Waals surface area contributed by atoms with Crippen molar-refractivity contribution in [2.75, 3.05) is 6.61 Å². The number of carbonyl (C=O) groups is 2. The van der Waals surface area contributed by atoms with Crippen molar-refractivity contribution in [3.63, 3.8) is 0 Å². The molecule has 3 aromatic rings. The molecule has 2 aromatic carbocycles. The van der Waals surface area contributed by atoms with Gasteiger partial charge in [0.1, 0.15) is 18.8 Å². The number of benzene rings is 2. The van der Waals surface area contributed by atoms with Gasteiger partial charge in [0.15, 0.2) is 0 Å². The van der Waals surface area contributed by atoms with Gasteiger partial charge in [-0.3, -0.25) is 9.36 Å². The molecule has 0 spiro atoms. The molecule has 2 unspecified atom stereocenters. The van der Waals surface area contributed by atoms with Gasteiger partial charge >= 0.3 is 11.9 Å². The molecule has 1 N–H and O–H groups in total. The minimum absolute atomic E-state index is 0.133. The number of hydrogen-bond donors (Lipinski definition) is 1. The van der Waals surface area contributed by atoms with E-state index in [1.54, 1.807) is 67.6 Å². The molecule has 0 amide bonds. The standard InChI is InChI=1S/C25H24N2O7/c1-16-19(27-13-12-22(28)26-25(27)31)14-20(34-24(30)18-10-6-3-7-11-18)21(33-16)15-32-23(29)17-8-4-2-5-9-17/h2-13,16,19-21H,14-15H2,1H3,(H,26,28,31)/t16?,19-,20?,21+/m1/s1. The minimum Gasteiger partial charge on any atom is -0.480 e. The van der Waals surface area contributed by atoms with E-state index in [0.29, 0.717) is 11.1 Å². The average Bonchev–Trinajstić information content (AvgIpc) is 2.85. The molecule has 4 atom stereocenters. The van der Waals surface area contributed by atoms with E-state index >= 15 is 0 Å². The average molecular weight is 464 g/mol. The fraction of sp³-hybridized carbons (Fsp3) is 0.280. The summed E-state index contributed by atoms with van der Waals surface area (Å²) in [5.74, 6) is -1.07. The summed E-state index contributed by atoms with van der Waals surface area (Å²) in [6.45, 7) is 1.65. The van der Waals surface area contributed by atoms with E-state index < -0.39 is 47.9 Å². The molecule has 4 rings (SSSR count). The maximum Gasteiger partial charge on any atom is 0.338 e. The Labute approximate surface area is 195 Å². The summed E-state index contributed by atoms with van der Waals surface area (Å²) in [5, 5.41) is 10.2. The zero-order chi connectivity index (χ0) is 24.1. The van der Waals surface area contributed by atoms with Crippen LogP contribution in [0.1, 0.15) is 40.1 Å². The highest BCUT2D eigenvalue weighted by Crippen LogP contribution is 2.33. The van der Waals surface area contributed by atoms with Gasteiger partial charge in [-0.1, -0.05) is 36.4 Å². The number of carbonyl (C=O) groups excluding carboxylic acids is 2. The van der Waals surface area contributed by atoms with E-state index in [1.165, 1.54) is 16.8 Å². The lowest BCUT2D eigenvalue weighted by Crippen LogP contribution is -2.48. The summed E-state index contributed by atoms with van der Waals surface area (Å²) < 4.78 is 18.7. The Kier molecular flexibility index (Phi) is 7.03. The molecule has 1 aromatic heterocycles. The first kappa shape index (κ1) is 23.2. The monoisotopic (exact) mass is 464 g/mol. The number of aromatic nitrogens is 2. The van der Waals surface area contributed by atoms with Crippen molar-refractivity contribution < 1.29 is 28.9 Å². The first-order valence-electron chi connectivity index (χ1n) is 10.8. The molecular weight excluding hydrogens is 440 g/mol.